The van der Waals surface area contributed by atoms with Crippen molar-refractivity contribution in [1.29, 1.82) is 0 Å². The van der Waals surface area contributed by atoms with E-state index in [0.717, 1.165) is 32.5 Å². The van der Waals surface area contributed by atoms with Gasteiger partial charge in [0.05, 0.1) is 13.2 Å². The summed E-state index contributed by atoms with van der Waals surface area (Å²) in [4.78, 5) is 0. The highest BCUT2D eigenvalue weighted by atomic mass is 31.2. The maximum Gasteiger partial charge on any atom is 0.205 e. The van der Waals surface area contributed by atoms with Crippen LogP contribution < -0.4 is 5.30 Å². The van der Waals surface area contributed by atoms with Gasteiger partial charge in [-0.2, -0.15) is 0 Å². The number of unbranched alkanes of at least 4 members (excludes halogenated alkanes) is 1. The number of hydrogen-bond acceptors (Lipinski definition) is 2. The van der Waals surface area contributed by atoms with E-state index in [4.69, 9.17) is 9.05 Å². The molecule has 0 fully saturated rings. The predicted molar refractivity (Wildman–Crippen MR) is 70.1 cm³/mol. The van der Waals surface area contributed by atoms with Gasteiger partial charge in [0.25, 0.3) is 0 Å². The summed E-state index contributed by atoms with van der Waals surface area (Å²) in [5, 5.41) is 1.17. The molecule has 0 aliphatic rings. The molecule has 0 saturated heterocycles. The molecule has 0 spiro atoms. The van der Waals surface area contributed by atoms with E-state index >= 15 is 0 Å². The lowest BCUT2D eigenvalue weighted by Crippen LogP contribution is -2.06. The van der Waals surface area contributed by atoms with Crippen LogP contribution in [-0.2, 0) is 9.05 Å². The Balaban J connectivity index is 2.49. The van der Waals surface area contributed by atoms with Gasteiger partial charge in [0.2, 0.25) is 8.38 Å². The minimum Gasteiger partial charge on any atom is -0.331 e. The Morgan fingerprint density at radius 2 is 1.62 bits per heavy atom. The summed E-state index contributed by atoms with van der Waals surface area (Å²) >= 11 is 0. The fourth-order valence-corrected chi connectivity index (χ4v) is 2.63. The molecule has 0 amide bonds. The summed E-state index contributed by atoms with van der Waals surface area (Å²) in [6, 6.07) is 10.2. The van der Waals surface area contributed by atoms with E-state index in [0.29, 0.717) is 0 Å². The van der Waals surface area contributed by atoms with Gasteiger partial charge in [0.1, 0.15) is 0 Å². The zero-order valence-electron chi connectivity index (χ0n) is 10.2. The molecule has 0 radical (unpaired) electrons. The van der Waals surface area contributed by atoms with Gasteiger partial charge in [0.15, 0.2) is 0 Å². The van der Waals surface area contributed by atoms with Crippen molar-refractivity contribution in [1.82, 2.24) is 0 Å². The molecule has 1 atom stereocenters. The lowest BCUT2D eigenvalue weighted by atomic mass is 10.4. The summed E-state index contributed by atoms with van der Waals surface area (Å²) in [6.07, 6.45) is 3.29. The Kier molecular flexibility index (Phi) is 7.41. The van der Waals surface area contributed by atoms with Crippen LogP contribution in [0.3, 0.4) is 0 Å². The molecule has 0 aliphatic carbocycles. The van der Waals surface area contributed by atoms with Crippen LogP contribution in [0.4, 0.5) is 0 Å². The molecule has 90 valence electrons. The first-order chi connectivity index (χ1) is 7.88. The Hall–Kier alpha value is -0.430. The van der Waals surface area contributed by atoms with Crippen molar-refractivity contribution >= 4 is 13.7 Å². The quantitative estimate of drug-likeness (QED) is 0.507. The van der Waals surface area contributed by atoms with E-state index in [1.165, 1.54) is 5.30 Å². The van der Waals surface area contributed by atoms with Gasteiger partial charge in [-0.1, -0.05) is 38.5 Å². The largest absolute Gasteiger partial charge is 0.331 e. The summed E-state index contributed by atoms with van der Waals surface area (Å²) in [5.41, 5.74) is 0. The number of benzene rings is 1. The van der Waals surface area contributed by atoms with Gasteiger partial charge in [-0.15, -0.1) is 0 Å². The van der Waals surface area contributed by atoms with Crippen LogP contribution in [0.25, 0.3) is 0 Å². The number of hydrogen-bond donors (Lipinski definition) is 0. The summed E-state index contributed by atoms with van der Waals surface area (Å²) < 4.78 is 11.6. The van der Waals surface area contributed by atoms with Crippen molar-refractivity contribution < 1.29 is 9.05 Å². The molecule has 2 nitrogen and oxygen atoms in total. The first-order valence-corrected chi connectivity index (χ1v) is 7.17. The molecule has 1 aromatic rings. The minimum atomic E-state index is -0.873. The molecule has 1 unspecified atom stereocenters. The molecular formula is C13H21O2P. The van der Waals surface area contributed by atoms with E-state index in [1.54, 1.807) is 0 Å². The van der Waals surface area contributed by atoms with Crippen molar-refractivity contribution in [3.05, 3.63) is 30.3 Å². The third kappa shape index (κ3) is 5.07. The van der Waals surface area contributed by atoms with Crippen LogP contribution in [0.2, 0.25) is 0 Å². The molecule has 0 N–H and O–H groups in total. The summed E-state index contributed by atoms with van der Waals surface area (Å²) in [7, 11) is -0.873. The lowest BCUT2D eigenvalue weighted by Gasteiger charge is -2.17. The first kappa shape index (κ1) is 13.6. The fraction of sp³-hybridized carbons (Fsp3) is 0.538. The number of rotatable bonds is 8. The predicted octanol–water partition coefficient (Wildman–Crippen LogP) is 3.87. The molecule has 0 saturated carbocycles. The third-order valence-corrected chi connectivity index (χ3v) is 3.64. The highest BCUT2D eigenvalue weighted by Crippen LogP contribution is 2.37. The Morgan fingerprint density at radius 3 is 2.25 bits per heavy atom. The van der Waals surface area contributed by atoms with E-state index < -0.39 is 8.38 Å². The van der Waals surface area contributed by atoms with E-state index in [9.17, 15) is 0 Å². The van der Waals surface area contributed by atoms with Gasteiger partial charge in [-0.3, -0.25) is 0 Å². The van der Waals surface area contributed by atoms with Gasteiger partial charge >= 0.3 is 0 Å². The zero-order chi connectivity index (χ0) is 11.6. The Bertz CT molecular complexity index is 264. The molecule has 0 aromatic heterocycles. The van der Waals surface area contributed by atoms with E-state index in [-0.39, 0.29) is 0 Å². The first-order valence-electron chi connectivity index (χ1n) is 5.99. The zero-order valence-corrected chi connectivity index (χ0v) is 11.1. The molecule has 16 heavy (non-hydrogen) atoms. The fourth-order valence-electron chi connectivity index (χ4n) is 1.20. The molecule has 0 bridgehead atoms. The van der Waals surface area contributed by atoms with Crippen molar-refractivity contribution in [3.63, 3.8) is 0 Å². The average Bonchev–Trinajstić information content (AvgIpc) is 2.35. The smallest absolute Gasteiger partial charge is 0.205 e. The van der Waals surface area contributed by atoms with Gasteiger partial charge in [-0.05, 0) is 25.0 Å². The third-order valence-electron chi connectivity index (χ3n) is 2.09. The van der Waals surface area contributed by atoms with Crippen molar-refractivity contribution in [2.75, 3.05) is 13.2 Å². The average molecular weight is 240 g/mol. The molecule has 3 heteroatoms. The van der Waals surface area contributed by atoms with Crippen LogP contribution in [0.5, 0.6) is 0 Å². The topological polar surface area (TPSA) is 18.5 Å². The summed E-state index contributed by atoms with van der Waals surface area (Å²) in [6.45, 7) is 5.85. The van der Waals surface area contributed by atoms with Crippen LogP contribution in [-0.4, -0.2) is 13.2 Å². The molecule has 1 rings (SSSR count). The maximum atomic E-state index is 5.81. The maximum absolute atomic E-state index is 5.81. The highest BCUT2D eigenvalue weighted by molar-refractivity contribution is 7.56. The monoisotopic (exact) mass is 240 g/mol. The SMILES string of the molecule is CCCCOP(OCCC)c1ccccc1. The summed E-state index contributed by atoms with van der Waals surface area (Å²) in [5.74, 6) is 0. The molecule has 1 aromatic carbocycles. The molecular weight excluding hydrogens is 219 g/mol. The normalized spacial score (nSPS) is 12.6. The minimum absolute atomic E-state index is 0.771. The molecule has 0 heterocycles. The second-order valence-corrected chi connectivity index (χ2v) is 5.16. The van der Waals surface area contributed by atoms with Crippen LogP contribution in [0.1, 0.15) is 33.1 Å². The second kappa shape index (κ2) is 8.69. The van der Waals surface area contributed by atoms with Crippen molar-refractivity contribution in [2.24, 2.45) is 0 Å². The standard InChI is InChI=1S/C13H21O2P/c1-3-5-12-15-16(14-11-4-2)13-9-7-6-8-10-13/h6-10H,3-5,11-12H2,1-2H3. The lowest BCUT2D eigenvalue weighted by molar-refractivity contribution is 0.253. The molecule has 0 aliphatic heterocycles. The second-order valence-electron chi connectivity index (χ2n) is 3.61. The highest BCUT2D eigenvalue weighted by Gasteiger charge is 2.12. The Morgan fingerprint density at radius 1 is 0.938 bits per heavy atom. The van der Waals surface area contributed by atoms with Crippen LogP contribution >= 0.6 is 8.38 Å². The van der Waals surface area contributed by atoms with Crippen LogP contribution in [0.15, 0.2) is 30.3 Å². The van der Waals surface area contributed by atoms with Gasteiger partial charge in [-0.25, -0.2) is 0 Å². The van der Waals surface area contributed by atoms with E-state index in [2.05, 4.69) is 26.0 Å². The van der Waals surface area contributed by atoms with Gasteiger partial charge < -0.3 is 9.05 Å². The van der Waals surface area contributed by atoms with Gasteiger partial charge in [0, 0.05) is 5.30 Å². The van der Waals surface area contributed by atoms with Crippen molar-refractivity contribution in [3.8, 4) is 0 Å². The van der Waals surface area contributed by atoms with Crippen LogP contribution in [0, 0.1) is 0 Å². The van der Waals surface area contributed by atoms with E-state index in [1.807, 2.05) is 18.2 Å². The van der Waals surface area contributed by atoms with Crippen molar-refractivity contribution in [2.45, 2.75) is 33.1 Å². The Labute approximate surface area is 99.9 Å².